The first-order valence-corrected chi connectivity index (χ1v) is 6.62. The van der Waals surface area contributed by atoms with Gasteiger partial charge in [0.05, 0.1) is 10.8 Å². The standard InChI is InChI=1S/C14H10N3O7/c18-14(9-4-2-1-3-5-9)8-11-12(16(21)22)6-10(15(19)20)7-13(11)17(23)24/h1-7,11H,8H2/q-1. The van der Waals surface area contributed by atoms with Crippen LogP contribution in [0.25, 0.3) is 0 Å². The summed E-state index contributed by atoms with van der Waals surface area (Å²) in [4.78, 5) is 42.5. The molecule has 124 valence electrons. The van der Waals surface area contributed by atoms with E-state index in [1.165, 1.54) is 12.1 Å². The molecule has 1 aliphatic rings. The minimum Gasteiger partial charge on any atom is -0.294 e. The third kappa shape index (κ3) is 3.43. The Morgan fingerprint density at radius 1 is 1.04 bits per heavy atom. The maximum atomic E-state index is 12.2. The van der Waals surface area contributed by atoms with Crippen molar-refractivity contribution in [2.24, 2.45) is 5.92 Å². The molecule has 1 atom stereocenters. The smallest absolute Gasteiger partial charge is 0.232 e. The SMILES string of the molecule is O=C(CC1C([N+](=O)[O-])=CC([N+](=O)[O-])=C[C-]1[N+](=O)[O-])c1ccccc1. The van der Waals surface area contributed by atoms with Gasteiger partial charge >= 0.3 is 0 Å². The average molecular weight is 332 g/mol. The summed E-state index contributed by atoms with van der Waals surface area (Å²) in [5.74, 6) is -2.00. The fourth-order valence-electron chi connectivity index (χ4n) is 2.30. The van der Waals surface area contributed by atoms with Crippen LogP contribution in [0.15, 0.2) is 53.9 Å². The molecule has 10 nitrogen and oxygen atoms in total. The van der Waals surface area contributed by atoms with Crippen LogP contribution in [0.2, 0.25) is 0 Å². The monoisotopic (exact) mass is 332 g/mol. The highest BCUT2D eigenvalue weighted by Crippen LogP contribution is 2.35. The molecule has 0 radical (unpaired) electrons. The van der Waals surface area contributed by atoms with E-state index in [0.29, 0.717) is 12.2 Å². The summed E-state index contributed by atoms with van der Waals surface area (Å²) in [5, 5.41) is 33.1. The summed E-state index contributed by atoms with van der Waals surface area (Å²) in [7, 11) is 0. The third-order valence-electron chi connectivity index (χ3n) is 3.42. The van der Waals surface area contributed by atoms with Gasteiger partial charge in [0.15, 0.2) is 5.78 Å². The predicted molar refractivity (Wildman–Crippen MR) is 79.3 cm³/mol. The highest BCUT2D eigenvalue weighted by molar-refractivity contribution is 5.96. The van der Waals surface area contributed by atoms with E-state index in [4.69, 9.17) is 0 Å². The molecule has 0 aliphatic heterocycles. The summed E-state index contributed by atoms with van der Waals surface area (Å²) >= 11 is 0. The molecule has 1 aliphatic carbocycles. The van der Waals surface area contributed by atoms with Crippen molar-refractivity contribution >= 4 is 5.78 Å². The van der Waals surface area contributed by atoms with Gasteiger partial charge in [-0.05, 0) is 9.85 Å². The van der Waals surface area contributed by atoms with E-state index in [2.05, 4.69) is 0 Å². The van der Waals surface area contributed by atoms with Crippen molar-refractivity contribution in [1.82, 2.24) is 0 Å². The molecule has 0 saturated carbocycles. The van der Waals surface area contributed by atoms with E-state index >= 15 is 0 Å². The first-order valence-electron chi connectivity index (χ1n) is 6.62. The summed E-state index contributed by atoms with van der Waals surface area (Å²) in [6.07, 6.45) is 0.764. The largest absolute Gasteiger partial charge is 0.294 e. The summed E-state index contributed by atoms with van der Waals surface area (Å²) < 4.78 is 0. The number of carbonyl (C=O) groups excluding carboxylic acids is 1. The van der Waals surface area contributed by atoms with Gasteiger partial charge in [-0.3, -0.25) is 35.1 Å². The van der Waals surface area contributed by atoms with Crippen LogP contribution in [0.5, 0.6) is 0 Å². The number of hydrogen-bond acceptors (Lipinski definition) is 7. The molecule has 24 heavy (non-hydrogen) atoms. The number of hydrogen-bond donors (Lipinski definition) is 0. The van der Waals surface area contributed by atoms with E-state index in [1.807, 2.05) is 0 Å². The molecule has 1 unspecified atom stereocenters. The van der Waals surface area contributed by atoms with E-state index < -0.39 is 50.3 Å². The fourth-order valence-corrected chi connectivity index (χ4v) is 2.30. The lowest BCUT2D eigenvalue weighted by Crippen LogP contribution is -2.30. The molecule has 0 amide bonds. The van der Waals surface area contributed by atoms with Crippen molar-refractivity contribution in [2.75, 3.05) is 0 Å². The highest BCUT2D eigenvalue weighted by atomic mass is 16.6. The quantitative estimate of drug-likeness (QED) is 0.335. The Morgan fingerprint density at radius 2 is 1.67 bits per heavy atom. The van der Waals surface area contributed by atoms with Crippen LogP contribution >= 0.6 is 0 Å². The van der Waals surface area contributed by atoms with Crippen molar-refractivity contribution < 1.29 is 19.6 Å². The Hall–Kier alpha value is -3.56. The maximum Gasteiger partial charge on any atom is 0.232 e. The van der Waals surface area contributed by atoms with Gasteiger partial charge in [0, 0.05) is 18.1 Å². The number of carbonyl (C=O) groups is 1. The van der Waals surface area contributed by atoms with Gasteiger partial charge in [0.25, 0.3) is 0 Å². The maximum absolute atomic E-state index is 12.2. The Balaban J connectivity index is 2.39. The Kier molecular flexibility index (Phi) is 4.68. The van der Waals surface area contributed by atoms with Crippen LogP contribution in [-0.4, -0.2) is 20.6 Å². The van der Waals surface area contributed by atoms with Gasteiger partial charge in [-0.2, -0.15) is 0 Å². The van der Waals surface area contributed by atoms with Crippen LogP contribution < -0.4 is 0 Å². The van der Waals surface area contributed by atoms with Gasteiger partial charge in [0.1, 0.15) is 11.7 Å². The molecule has 2 rings (SSSR count). The fraction of sp³-hybridized carbons (Fsp3) is 0.143. The molecule has 0 N–H and O–H groups in total. The van der Waals surface area contributed by atoms with Gasteiger partial charge in [-0.15, -0.1) is 0 Å². The van der Waals surface area contributed by atoms with Crippen molar-refractivity contribution in [3.63, 3.8) is 0 Å². The molecule has 1 aromatic carbocycles. The number of nitro groups is 3. The first-order chi connectivity index (χ1) is 11.3. The minimum atomic E-state index is -1.47. The molecular formula is C14H10N3O7-. The van der Waals surface area contributed by atoms with Crippen molar-refractivity contribution in [1.29, 1.82) is 0 Å². The Labute approximate surface area is 134 Å². The van der Waals surface area contributed by atoms with Gasteiger partial charge < -0.3 is 0 Å². The van der Waals surface area contributed by atoms with E-state index in [-0.39, 0.29) is 5.56 Å². The van der Waals surface area contributed by atoms with Crippen molar-refractivity contribution in [3.05, 3.63) is 95.8 Å². The van der Waals surface area contributed by atoms with Gasteiger partial charge in [-0.1, -0.05) is 36.4 Å². The lowest BCUT2D eigenvalue weighted by atomic mass is 9.85. The second-order valence-electron chi connectivity index (χ2n) is 4.88. The number of Topliss-reactive ketones (excluding diaryl/α,β-unsaturated/α-hetero) is 1. The lowest BCUT2D eigenvalue weighted by molar-refractivity contribution is -0.488. The summed E-state index contributed by atoms with van der Waals surface area (Å²) in [5.41, 5.74) is -1.27. The number of ketones is 1. The molecule has 0 spiro atoms. The Bertz CT molecular complexity index is 770. The second kappa shape index (κ2) is 6.69. The molecule has 0 fully saturated rings. The van der Waals surface area contributed by atoms with Crippen LogP contribution in [0.1, 0.15) is 16.8 Å². The third-order valence-corrected chi connectivity index (χ3v) is 3.42. The molecule has 0 aromatic heterocycles. The van der Waals surface area contributed by atoms with Crippen LogP contribution in [0.3, 0.4) is 0 Å². The zero-order valence-electron chi connectivity index (χ0n) is 12.0. The number of benzene rings is 1. The normalized spacial score (nSPS) is 16.8. The zero-order chi connectivity index (χ0) is 17.9. The lowest BCUT2D eigenvalue weighted by Gasteiger charge is -2.24. The second-order valence-corrected chi connectivity index (χ2v) is 4.88. The summed E-state index contributed by atoms with van der Waals surface area (Å²) in [6, 6.07) is 7.04. The van der Waals surface area contributed by atoms with Crippen LogP contribution in [-0.2, 0) is 0 Å². The van der Waals surface area contributed by atoms with Crippen LogP contribution in [0.4, 0.5) is 0 Å². The van der Waals surface area contributed by atoms with Crippen molar-refractivity contribution in [3.8, 4) is 0 Å². The molecule has 10 heteroatoms. The Morgan fingerprint density at radius 3 is 2.17 bits per heavy atom. The van der Waals surface area contributed by atoms with E-state index in [1.54, 1.807) is 18.2 Å². The van der Waals surface area contributed by atoms with E-state index in [9.17, 15) is 35.1 Å². The molecule has 0 saturated heterocycles. The first kappa shape index (κ1) is 16.8. The number of nitrogens with zero attached hydrogens (tertiary/aromatic N) is 3. The van der Waals surface area contributed by atoms with E-state index in [0.717, 1.165) is 0 Å². The average Bonchev–Trinajstić information content (AvgIpc) is 2.54. The predicted octanol–water partition coefficient (Wildman–Crippen LogP) is 2.02. The molecule has 1 aromatic rings. The number of allylic oxidation sites excluding steroid dienone is 1. The zero-order valence-corrected chi connectivity index (χ0v) is 12.0. The van der Waals surface area contributed by atoms with Crippen molar-refractivity contribution in [2.45, 2.75) is 6.42 Å². The van der Waals surface area contributed by atoms with Gasteiger partial charge in [-0.25, -0.2) is 0 Å². The molecular weight excluding hydrogens is 322 g/mol. The minimum absolute atomic E-state index is 0.243. The van der Waals surface area contributed by atoms with Crippen LogP contribution in [0, 0.1) is 42.3 Å². The van der Waals surface area contributed by atoms with Gasteiger partial charge in [0.2, 0.25) is 5.70 Å². The molecule has 0 heterocycles. The topological polar surface area (TPSA) is 146 Å². The molecule has 0 bridgehead atoms. The highest BCUT2D eigenvalue weighted by Gasteiger charge is 2.39. The summed E-state index contributed by atoms with van der Waals surface area (Å²) in [6.45, 7) is 0. The number of rotatable bonds is 6.